The van der Waals surface area contributed by atoms with Gasteiger partial charge in [-0.2, -0.15) is 0 Å². The van der Waals surface area contributed by atoms with Gasteiger partial charge in [0.1, 0.15) is 18.2 Å². The van der Waals surface area contributed by atoms with Gasteiger partial charge in [-0.3, -0.25) is 4.79 Å². The molecule has 0 fully saturated rings. The molecule has 0 bridgehead atoms. The van der Waals surface area contributed by atoms with Crippen LogP contribution in [0.4, 0.5) is 4.79 Å². The van der Waals surface area contributed by atoms with E-state index < -0.39 is 29.6 Å². The van der Waals surface area contributed by atoms with Gasteiger partial charge in [-0.25, -0.2) is 9.59 Å². The molecule has 3 rings (SSSR count). The van der Waals surface area contributed by atoms with Crippen molar-refractivity contribution in [1.82, 2.24) is 10.6 Å². The highest BCUT2D eigenvalue weighted by Gasteiger charge is 2.36. The van der Waals surface area contributed by atoms with Gasteiger partial charge in [-0.05, 0) is 42.0 Å². The Kier molecular flexibility index (Phi) is 7.18. The third-order valence-electron chi connectivity index (χ3n) is 5.98. The van der Waals surface area contributed by atoms with Crippen LogP contribution in [-0.2, 0) is 14.3 Å². The monoisotopic (exact) mass is 438 g/mol. The Balaban J connectivity index is 1.64. The summed E-state index contributed by atoms with van der Waals surface area (Å²) < 4.78 is 5.50. The maximum atomic E-state index is 12.6. The number of carbonyl (C=O) groups is 3. The topological polar surface area (TPSA) is 105 Å². The first-order valence-electron chi connectivity index (χ1n) is 11.0. The van der Waals surface area contributed by atoms with Crippen molar-refractivity contribution in [1.29, 1.82) is 0 Å². The lowest BCUT2D eigenvalue weighted by atomic mass is 9.95. The number of rotatable bonds is 9. The standard InChI is InChI=1S/C25H30N2O5/c1-4-14-25(3,23(29)30)27-22(28)21(5-2)26-24(31)32-15-20-18-12-8-6-10-16(18)17-11-7-9-13-19(17)20/h6-13,20-21H,4-5,14-15H2,1-3H3,(H,26,31)(H,27,28)(H,29,30)/t21-,25?/m0/s1. The van der Waals surface area contributed by atoms with Crippen LogP contribution in [-0.4, -0.2) is 41.3 Å². The third kappa shape index (κ3) is 4.77. The van der Waals surface area contributed by atoms with Gasteiger partial charge in [-0.1, -0.05) is 68.8 Å². The number of alkyl carbamates (subject to hydrolysis) is 1. The number of hydrogen-bond donors (Lipinski definition) is 3. The van der Waals surface area contributed by atoms with Crippen molar-refractivity contribution in [3.8, 4) is 11.1 Å². The highest BCUT2D eigenvalue weighted by molar-refractivity contribution is 5.91. The summed E-state index contributed by atoms with van der Waals surface area (Å²) >= 11 is 0. The number of carbonyl (C=O) groups excluding carboxylic acids is 2. The molecule has 2 amide bonds. The van der Waals surface area contributed by atoms with Crippen molar-refractivity contribution < 1.29 is 24.2 Å². The van der Waals surface area contributed by atoms with Gasteiger partial charge in [0.2, 0.25) is 5.91 Å². The molecule has 2 aromatic rings. The second-order valence-corrected chi connectivity index (χ2v) is 8.31. The van der Waals surface area contributed by atoms with Crippen LogP contribution in [0.5, 0.6) is 0 Å². The van der Waals surface area contributed by atoms with Gasteiger partial charge >= 0.3 is 12.1 Å². The molecule has 0 heterocycles. The van der Waals surface area contributed by atoms with Crippen LogP contribution in [0.3, 0.4) is 0 Å². The van der Waals surface area contributed by atoms with E-state index >= 15 is 0 Å². The molecule has 0 aliphatic heterocycles. The lowest BCUT2D eigenvalue weighted by Gasteiger charge is -2.28. The molecule has 3 N–H and O–H groups in total. The summed E-state index contributed by atoms with van der Waals surface area (Å²) in [6.07, 6.45) is 0.480. The fourth-order valence-electron chi connectivity index (χ4n) is 4.22. The van der Waals surface area contributed by atoms with Gasteiger partial charge in [0.15, 0.2) is 0 Å². The number of nitrogens with one attached hydrogen (secondary N) is 2. The number of amides is 2. The average molecular weight is 439 g/mol. The second kappa shape index (κ2) is 9.85. The Morgan fingerprint density at radius 2 is 1.59 bits per heavy atom. The van der Waals surface area contributed by atoms with Crippen molar-refractivity contribution in [2.75, 3.05) is 6.61 Å². The Morgan fingerprint density at radius 1 is 1.03 bits per heavy atom. The molecule has 1 aliphatic rings. The molecule has 0 saturated heterocycles. The van der Waals surface area contributed by atoms with Crippen molar-refractivity contribution in [3.05, 3.63) is 59.7 Å². The summed E-state index contributed by atoms with van der Waals surface area (Å²) in [5, 5.41) is 14.6. The molecule has 0 aromatic heterocycles. The van der Waals surface area contributed by atoms with Gasteiger partial charge in [0.25, 0.3) is 0 Å². The van der Waals surface area contributed by atoms with Crippen molar-refractivity contribution in [2.24, 2.45) is 0 Å². The summed E-state index contributed by atoms with van der Waals surface area (Å²) in [7, 11) is 0. The first-order valence-corrected chi connectivity index (χ1v) is 11.0. The average Bonchev–Trinajstić information content (AvgIpc) is 3.09. The van der Waals surface area contributed by atoms with Gasteiger partial charge in [0, 0.05) is 5.92 Å². The van der Waals surface area contributed by atoms with Crippen LogP contribution in [0.2, 0.25) is 0 Å². The van der Waals surface area contributed by atoms with E-state index in [2.05, 4.69) is 22.8 Å². The van der Waals surface area contributed by atoms with E-state index in [1.54, 1.807) is 6.92 Å². The minimum Gasteiger partial charge on any atom is -0.480 e. The molecule has 2 aromatic carbocycles. The minimum atomic E-state index is -1.39. The predicted octanol–water partition coefficient (Wildman–Crippen LogP) is 4.06. The van der Waals surface area contributed by atoms with Crippen LogP contribution in [0, 0.1) is 0 Å². The minimum absolute atomic E-state index is 0.0816. The van der Waals surface area contributed by atoms with Crippen LogP contribution in [0.25, 0.3) is 11.1 Å². The fourth-order valence-corrected chi connectivity index (χ4v) is 4.22. The molecule has 0 radical (unpaired) electrons. The Bertz CT molecular complexity index is 960. The summed E-state index contributed by atoms with van der Waals surface area (Å²) in [4.78, 5) is 36.7. The Hall–Kier alpha value is -3.35. The van der Waals surface area contributed by atoms with Gasteiger partial charge < -0.3 is 20.5 Å². The lowest BCUT2D eigenvalue weighted by Crippen LogP contribution is -2.57. The first kappa shape index (κ1) is 23.3. The maximum Gasteiger partial charge on any atom is 0.407 e. The molecule has 7 heteroatoms. The summed E-state index contributed by atoms with van der Waals surface area (Å²) in [6.45, 7) is 5.20. The molecule has 0 saturated carbocycles. The van der Waals surface area contributed by atoms with E-state index in [1.165, 1.54) is 6.92 Å². The predicted molar refractivity (Wildman–Crippen MR) is 121 cm³/mol. The molecular weight excluding hydrogens is 408 g/mol. The molecule has 2 atom stereocenters. The van der Waals surface area contributed by atoms with Crippen molar-refractivity contribution in [2.45, 2.75) is 57.5 Å². The summed E-state index contributed by atoms with van der Waals surface area (Å²) in [6, 6.07) is 15.2. The number of ether oxygens (including phenoxy) is 1. The zero-order chi connectivity index (χ0) is 23.3. The van der Waals surface area contributed by atoms with Crippen molar-refractivity contribution in [3.63, 3.8) is 0 Å². The molecule has 0 spiro atoms. The zero-order valence-electron chi connectivity index (χ0n) is 18.7. The quantitative estimate of drug-likeness (QED) is 0.548. The Labute approximate surface area is 188 Å². The van der Waals surface area contributed by atoms with Crippen LogP contribution >= 0.6 is 0 Å². The molecular formula is C25H30N2O5. The maximum absolute atomic E-state index is 12.6. The second-order valence-electron chi connectivity index (χ2n) is 8.31. The van der Waals surface area contributed by atoms with E-state index in [0.29, 0.717) is 12.8 Å². The summed E-state index contributed by atoms with van der Waals surface area (Å²) in [5.41, 5.74) is 3.08. The zero-order valence-corrected chi connectivity index (χ0v) is 18.7. The largest absolute Gasteiger partial charge is 0.480 e. The molecule has 1 aliphatic carbocycles. The highest BCUT2D eigenvalue weighted by Crippen LogP contribution is 2.44. The third-order valence-corrected chi connectivity index (χ3v) is 5.98. The van der Waals surface area contributed by atoms with E-state index in [-0.39, 0.29) is 18.9 Å². The first-order chi connectivity index (χ1) is 15.3. The molecule has 170 valence electrons. The summed E-state index contributed by atoms with van der Waals surface area (Å²) in [5.74, 6) is -1.73. The number of hydrogen-bond acceptors (Lipinski definition) is 4. The number of aliphatic carboxylic acids is 1. The van der Waals surface area contributed by atoms with E-state index in [4.69, 9.17) is 4.74 Å². The van der Waals surface area contributed by atoms with E-state index in [9.17, 15) is 19.5 Å². The van der Waals surface area contributed by atoms with Gasteiger partial charge in [-0.15, -0.1) is 0 Å². The van der Waals surface area contributed by atoms with Gasteiger partial charge in [0.05, 0.1) is 0 Å². The molecule has 1 unspecified atom stereocenters. The van der Waals surface area contributed by atoms with Crippen molar-refractivity contribution >= 4 is 18.0 Å². The van der Waals surface area contributed by atoms with Crippen LogP contribution in [0.15, 0.2) is 48.5 Å². The number of fused-ring (bicyclic) bond motifs is 3. The molecule has 32 heavy (non-hydrogen) atoms. The number of carboxylic acid groups (broad SMARTS) is 1. The normalized spacial score (nSPS) is 15.1. The van der Waals surface area contributed by atoms with Crippen LogP contribution in [0.1, 0.15) is 57.1 Å². The lowest BCUT2D eigenvalue weighted by molar-refractivity contribution is -0.147. The SMILES string of the molecule is CCCC(C)(NC(=O)[C@H](CC)NC(=O)OCC1c2ccccc2-c2ccccc21)C(=O)O. The van der Waals surface area contributed by atoms with Crippen LogP contribution < -0.4 is 10.6 Å². The Morgan fingerprint density at radius 3 is 2.09 bits per heavy atom. The number of carboxylic acids is 1. The number of benzene rings is 2. The van der Waals surface area contributed by atoms with E-state index in [1.807, 2.05) is 43.3 Å². The fraction of sp³-hybridized carbons (Fsp3) is 0.400. The highest BCUT2D eigenvalue weighted by atomic mass is 16.5. The molecule has 7 nitrogen and oxygen atoms in total. The van der Waals surface area contributed by atoms with E-state index in [0.717, 1.165) is 22.3 Å². The smallest absolute Gasteiger partial charge is 0.407 e.